The predicted molar refractivity (Wildman–Crippen MR) is 128 cm³/mol. The maximum atomic E-state index is 13.6. The Labute approximate surface area is 198 Å². The number of amides is 1. The molecule has 8 heteroatoms. The van der Waals surface area contributed by atoms with E-state index in [1.807, 2.05) is 36.4 Å². The summed E-state index contributed by atoms with van der Waals surface area (Å²) in [5, 5.41) is 0. The van der Waals surface area contributed by atoms with Crippen molar-refractivity contribution < 1.29 is 22.7 Å². The Morgan fingerprint density at radius 3 is 2.38 bits per heavy atom. The van der Waals surface area contributed by atoms with Crippen LogP contribution in [0.3, 0.4) is 0 Å². The number of carbonyl (C=O) groups excluding carboxylic acids is 2. The monoisotopic (exact) mass is 476 g/mol. The number of ether oxygens (including phenoxy) is 1. The van der Waals surface area contributed by atoms with Crippen LogP contribution in [-0.4, -0.2) is 40.0 Å². The van der Waals surface area contributed by atoms with Crippen LogP contribution < -0.4 is 9.21 Å². The molecule has 7 nitrogen and oxygen atoms in total. The van der Waals surface area contributed by atoms with Crippen LogP contribution in [-0.2, 0) is 32.4 Å². The lowest BCUT2D eigenvalue weighted by molar-refractivity contribution is -0.141. The lowest BCUT2D eigenvalue weighted by atomic mass is 10.0. The van der Waals surface area contributed by atoms with E-state index in [0.717, 1.165) is 24.0 Å². The molecule has 0 fully saturated rings. The lowest BCUT2D eigenvalue weighted by Crippen LogP contribution is -2.43. The summed E-state index contributed by atoms with van der Waals surface area (Å²) in [4.78, 5) is 27.5. The number of hydrogen-bond acceptors (Lipinski definition) is 5. The molecule has 0 saturated heterocycles. The van der Waals surface area contributed by atoms with Crippen molar-refractivity contribution >= 4 is 33.3 Å². The van der Waals surface area contributed by atoms with Crippen LogP contribution in [0.4, 0.5) is 11.4 Å². The smallest absolute Gasteiger partial charge is 0.329 e. The molecule has 34 heavy (non-hydrogen) atoms. The van der Waals surface area contributed by atoms with Crippen molar-refractivity contribution in [3.8, 4) is 0 Å². The largest absolute Gasteiger partial charge is 0.467 e. The maximum Gasteiger partial charge on any atom is 0.329 e. The molecule has 0 aliphatic carbocycles. The second-order valence-electron chi connectivity index (χ2n) is 8.38. The minimum atomic E-state index is -3.88. The van der Waals surface area contributed by atoms with Crippen molar-refractivity contribution in [3.63, 3.8) is 0 Å². The Kier molecular flexibility index (Phi) is 5.61. The van der Waals surface area contributed by atoms with Gasteiger partial charge >= 0.3 is 5.97 Å². The van der Waals surface area contributed by atoms with Gasteiger partial charge < -0.3 is 4.74 Å². The molecule has 1 unspecified atom stereocenters. The van der Waals surface area contributed by atoms with Gasteiger partial charge in [-0.2, -0.15) is 0 Å². The van der Waals surface area contributed by atoms with E-state index < -0.39 is 27.9 Å². The molecule has 2 aliphatic heterocycles. The Bertz CT molecular complexity index is 1390. The van der Waals surface area contributed by atoms with Crippen LogP contribution in [0.25, 0.3) is 0 Å². The highest BCUT2D eigenvalue weighted by atomic mass is 32.2. The first-order valence-corrected chi connectivity index (χ1v) is 12.6. The number of sulfonamides is 1. The number of rotatable bonds is 4. The summed E-state index contributed by atoms with van der Waals surface area (Å²) >= 11 is 0. The van der Waals surface area contributed by atoms with Gasteiger partial charge in [-0.15, -0.1) is 0 Å². The van der Waals surface area contributed by atoms with Gasteiger partial charge in [0.1, 0.15) is 6.04 Å². The Morgan fingerprint density at radius 2 is 1.62 bits per heavy atom. The van der Waals surface area contributed by atoms with Gasteiger partial charge in [0.15, 0.2) is 0 Å². The number of aryl methyl sites for hydroxylation is 1. The minimum Gasteiger partial charge on any atom is -0.467 e. The topological polar surface area (TPSA) is 84.0 Å². The number of methoxy groups -OCH3 is 1. The fraction of sp³-hybridized carbons (Fsp3) is 0.231. The first-order valence-electron chi connectivity index (χ1n) is 11.1. The number of benzene rings is 3. The van der Waals surface area contributed by atoms with Crippen molar-refractivity contribution in [3.05, 3.63) is 89.5 Å². The van der Waals surface area contributed by atoms with E-state index in [9.17, 15) is 18.0 Å². The van der Waals surface area contributed by atoms with Gasteiger partial charge in [-0.3, -0.25) is 14.0 Å². The molecule has 1 atom stereocenters. The number of carbonyl (C=O) groups is 2. The quantitative estimate of drug-likeness (QED) is 0.538. The van der Waals surface area contributed by atoms with Gasteiger partial charge in [0.2, 0.25) is 0 Å². The molecule has 3 aromatic rings. The molecule has 1 amide bonds. The Balaban J connectivity index is 1.52. The second kappa shape index (κ2) is 8.61. The molecule has 3 aromatic carbocycles. The molecule has 0 bridgehead atoms. The molecule has 2 aliphatic rings. The zero-order valence-corrected chi connectivity index (χ0v) is 19.5. The van der Waals surface area contributed by atoms with E-state index in [0.29, 0.717) is 24.3 Å². The van der Waals surface area contributed by atoms with Crippen LogP contribution in [0.15, 0.2) is 77.7 Å². The maximum absolute atomic E-state index is 13.6. The average Bonchev–Trinajstić information content (AvgIpc) is 3.27. The van der Waals surface area contributed by atoms with Crippen molar-refractivity contribution in [1.82, 2.24) is 0 Å². The summed E-state index contributed by atoms with van der Waals surface area (Å²) in [5.41, 5.74) is 3.34. The van der Waals surface area contributed by atoms with Gasteiger partial charge in [0.05, 0.1) is 17.7 Å². The Morgan fingerprint density at radius 1 is 0.912 bits per heavy atom. The van der Waals surface area contributed by atoms with Crippen LogP contribution in [0.1, 0.15) is 27.9 Å². The summed E-state index contributed by atoms with van der Waals surface area (Å²) in [5.74, 6) is -0.963. The highest BCUT2D eigenvalue weighted by molar-refractivity contribution is 7.92. The molecule has 0 N–H and O–H groups in total. The van der Waals surface area contributed by atoms with E-state index in [1.165, 1.54) is 28.4 Å². The van der Waals surface area contributed by atoms with Gasteiger partial charge in [-0.25, -0.2) is 13.2 Å². The fourth-order valence-corrected chi connectivity index (χ4v) is 6.35. The number of anilines is 2. The van der Waals surface area contributed by atoms with Crippen LogP contribution in [0, 0.1) is 0 Å². The minimum absolute atomic E-state index is 0.0390. The number of para-hydroxylation sites is 2. The third kappa shape index (κ3) is 3.64. The van der Waals surface area contributed by atoms with Crippen LogP contribution in [0.5, 0.6) is 0 Å². The molecule has 0 radical (unpaired) electrons. The highest BCUT2D eigenvalue weighted by Crippen LogP contribution is 2.35. The fourth-order valence-electron chi connectivity index (χ4n) is 4.77. The molecule has 2 heterocycles. The molecule has 0 aromatic heterocycles. The van der Waals surface area contributed by atoms with Gasteiger partial charge in [-0.1, -0.05) is 42.5 Å². The van der Waals surface area contributed by atoms with Crippen molar-refractivity contribution in [2.75, 3.05) is 22.9 Å². The van der Waals surface area contributed by atoms with E-state index >= 15 is 0 Å². The summed E-state index contributed by atoms with van der Waals surface area (Å²) in [6, 6.07) is 20.0. The van der Waals surface area contributed by atoms with Gasteiger partial charge in [0.25, 0.3) is 15.9 Å². The summed E-state index contributed by atoms with van der Waals surface area (Å²) < 4.78 is 33.5. The third-order valence-corrected chi connectivity index (χ3v) is 8.21. The van der Waals surface area contributed by atoms with Gasteiger partial charge in [-0.05, 0) is 54.3 Å². The standard InChI is InChI=1S/C26H24N2O5S/c1-33-26(30)24-17-19-9-3-5-14-23(19)28(24)25(29)20-10-6-12-21(16-20)34(31,32)27-15-7-11-18-8-2-4-13-22(18)27/h2-6,8-10,12-14,16,24H,7,11,15,17H2,1H3. The second-order valence-corrected chi connectivity index (χ2v) is 10.2. The number of esters is 1. The third-order valence-electron chi connectivity index (χ3n) is 6.40. The Hall–Kier alpha value is -3.65. The number of hydrogen-bond donors (Lipinski definition) is 0. The number of fused-ring (bicyclic) bond motifs is 2. The molecule has 174 valence electrons. The number of nitrogens with zero attached hydrogens (tertiary/aromatic N) is 2. The molecular formula is C26H24N2O5S. The predicted octanol–water partition coefficient (Wildman–Crippen LogP) is 3.57. The van der Waals surface area contributed by atoms with E-state index in [4.69, 9.17) is 4.74 Å². The first kappa shape index (κ1) is 22.2. The average molecular weight is 477 g/mol. The summed E-state index contributed by atoms with van der Waals surface area (Å²) in [7, 11) is -2.59. The normalized spacial score (nSPS) is 17.1. The lowest BCUT2D eigenvalue weighted by Gasteiger charge is -2.30. The molecule has 0 spiro atoms. The van der Waals surface area contributed by atoms with E-state index in [2.05, 4.69) is 0 Å². The van der Waals surface area contributed by atoms with Crippen molar-refractivity contribution in [2.24, 2.45) is 0 Å². The van der Waals surface area contributed by atoms with Crippen LogP contribution in [0.2, 0.25) is 0 Å². The van der Waals surface area contributed by atoms with Crippen molar-refractivity contribution in [2.45, 2.75) is 30.2 Å². The first-order chi connectivity index (χ1) is 16.4. The van der Waals surface area contributed by atoms with E-state index in [1.54, 1.807) is 24.3 Å². The summed E-state index contributed by atoms with van der Waals surface area (Å²) in [6.07, 6.45) is 1.89. The molecular weight excluding hydrogens is 452 g/mol. The summed E-state index contributed by atoms with van der Waals surface area (Å²) in [6.45, 7) is 0.376. The van der Waals surface area contributed by atoms with Gasteiger partial charge in [0, 0.05) is 24.2 Å². The molecule has 0 saturated carbocycles. The SMILES string of the molecule is COC(=O)C1Cc2ccccc2N1C(=O)c1cccc(S(=O)(=O)N2CCCc3ccccc32)c1. The van der Waals surface area contributed by atoms with Crippen LogP contribution >= 0.6 is 0 Å². The van der Waals surface area contributed by atoms with E-state index in [-0.39, 0.29) is 10.5 Å². The molecule has 5 rings (SSSR count). The van der Waals surface area contributed by atoms with Crippen molar-refractivity contribution in [1.29, 1.82) is 0 Å². The highest BCUT2D eigenvalue weighted by Gasteiger charge is 2.39. The zero-order valence-electron chi connectivity index (χ0n) is 18.7. The zero-order chi connectivity index (χ0) is 23.9.